The molecule has 1 saturated heterocycles. The van der Waals surface area contributed by atoms with Crippen LogP contribution in [0.2, 0.25) is 0 Å². The smallest absolute Gasteiger partial charge is 0.238 e. The van der Waals surface area contributed by atoms with Crippen LogP contribution in [0.5, 0.6) is 0 Å². The summed E-state index contributed by atoms with van der Waals surface area (Å²) in [6.07, 6.45) is 1.27. The predicted octanol–water partition coefficient (Wildman–Crippen LogP) is 2.91. The molecule has 2 rings (SSSR count). The van der Waals surface area contributed by atoms with E-state index in [2.05, 4.69) is 24.1 Å². The molecule has 1 heterocycles. The van der Waals surface area contributed by atoms with Gasteiger partial charge >= 0.3 is 0 Å². The van der Waals surface area contributed by atoms with Crippen LogP contribution < -0.4 is 5.32 Å². The Morgan fingerprint density at radius 1 is 1.32 bits per heavy atom. The number of rotatable bonds is 3. The van der Waals surface area contributed by atoms with Gasteiger partial charge < -0.3 is 5.32 Å². The molecule has 0 aromatic heterocycles. The molecule has 3 heteroatoms. The first kappa shape index (κ1) is 14.1. The van der Waals surface area contributed by atoms with E-state index in [1.54, 1.807) is 0 Å². The lowest BCUT2D eigenvalue weighted by molar-refractivity contribution is -0.117. The largest absolute Gasteiger partial charge is 0.325 e. The Morgan fingerprint density at radius 3 is 2.63 bits per heavy atom. The number of hydrogen-bond acceptors (Lipinski definition) is 2. The zero-order valence-electron chi connectivity index (χ0n) is 12.1. The molecule has 3 nitrogen and oxygen atoms in total. The van der Waals surface area contributed by atoms with E-state index in [0.29, 0.717) is 18.4 Å². The van der Waals surface area contributed by atoms with E-state index in [-0.39, 0.29) is 5.91 Å². The number of hydrogen-bond donors (Lipinski definition) is 1. The molecule has 1 aromatic rings. The van der Waals surface area contributed by atoms with Crippen molar-refractivity contribution in [3.63, 3.8) is 0 Å². The number of benzene rings is 1. The minimum atomic E-state index is 0.0897. The van der Waals surface area contributed by atoms with Gasteiger partial charge in [-0.3, -0.25) is 9.69 Å². The van der Waals surface area contributed by atoms with Crippen molar-refractivity contribution in [1.82, 2.24) is 4.90 Å². The van der Waals surface area contributed by atoms with E-state index in [1.807, 2.05) is 31.2 Å². The summed E-state index contributed by atoms with van der Waals surface area (Å²) in [5.41, 5.74) is 2.06. The summed E-state index contributed by atoms with van der Waals surface area (Å²) in [5.74, 6) is 1.47. The summed E-state index contributed by atoms with van der Waals surface area (Å²) in [7, 11) is 0. The van der Waals surface area contributed by atoms with Crippen LogP contribution in [0.1, 0.15) is 25.8 Å². The van der Waals surface area contributed by atoms with E-state index in [4.69, 9.17) is 0 Å². The number of carbonyl (C=O) groups is 1. The third-order valence-corrected chi connectivity index (χ3v) is 3.61. The quantitative estimate of drug-likeness (QED) is 0.906. The molecular weight excluding hydrogens is 236 g/mol. The maximum atomic E-state index is 12.1. The Balaban J connectivity index is 1.87. The van der Waals surface area contributed by atoms with E-state index in [0.717, 1.165) is 24.3 Å². The van der Waals surface area contributed by atoms with Gasteiger partial charge in [-0.15, -0.1) is 0 Å². The highest BCUT2D eigenvalue weighted by molar-refractivity contribution is 5.92. The van der Waals surface area contributed by atoms with Crippen molar-refractivity contribution in [2.75, 3.05) is 25.0 Å². The Bertz CT molecular complexity index is 434. The number of nitrogens with zero attached hydrogens (tertiary/aromatic N) is 1. The van der Waals surface area contributed by atoms with E-state index >= 15 is 0 Å². The molecule has 0 saturated carbocycles. The van der Waals surface area contributed by atoms with Crippen LogP contribution in [0.25, 0.3) is 0 Å². The van der Waals surface area contributed by atoms with Crippen molar-refractivity contribution in [3.8, 4) is 0 Å². The topological polar surface area (TPSA) is 32.3 Å². The minimum Gasteiger partial charge on any atom is -0.325 e. The van der Waals surface area contributed by atoms with Gasteiger partial charge in [-0.05, 0) is 42.9 Å². The highest BCUT2D eigenvalue weighted by Crippen LogP contribution is 2.20. The maximum Gasteiger partial charge on any atom is 0.238 e. The van der Waals surface area contributed by atoms with E-state index in [9.17, 15) is 4.79 Å². The first-order valence-corrected chi connectivity index (χ1v) is 7.12. The Labute approximate surface area is 116 Å². The van der Waals surface area contributed by atoms with E-state index < -0.39 is 0 Å². The number of aryl methyl sites for hydroxylation is 1. The number of carbonyl (C=O) groups excluding carboxylic acids is 1. The van der Waals surface area contributed by atoms with Gasteiger partial charge in [-0.2, -0.15) is 0 Å². The Hall–Kier alpha value is -1.35. The van der Waals surface area contributed by atoms with Crippen molar-refractivity contribution in [2.45, 2.75) is 27.2 Å². The normalized spacial score (nSPS) is 24.2. The molecule has 0 aliphatic carbocycles. The molecule has 0 radical (unpaired) electrons. The Kier molecular flexibility index (Phi) is 4.59. The lowest BCUT2D eigenvalue weighted by Crippen LogP contribution is -2.42. The highest BCUT2D eigenvalue weighted by atomic mass is 16.2. The van der Waals surface area contributed by atoms with Crippen LogP contribution in [-0.4, -0.2) is 30.4 Å². The first-order chi connectivity index (χ1) is 9.02. The number of likely N-dealkylation sites (tertiary alicyclic amines) is 1. The van der Waals surface area contributed by atoms with Gasteiger partial charge in [-0.1, -0.05) is 26.0 Å². The number of piperidine rings is 1. The average Bonchev–Trinajstić information content (AvgIpc) is 2.26. The fraction of sp³-hybridized carbons (Fsp3) is 0.562. The SMILES string of the molecule is Cc1cccc(NC(=O)CN2C[C@@H](C)C[C@H](C)C2)c1. The molecule has 0 spiro atoms. The second-order valence-corrected chi connectivity index (χ2v) is 6.06. The molecular formula is C16H24N2O. The molecule has 1 aliphatic heterocycles. The standard InChI is InChI=1S/C16H24N2O/c1-12-5-4-6-15(8-12)17-16(19)11-18-9-13(2)7-14(3)10-18/h4-6,8,13-14H,7,9-11H2,1-3H3,(H,17,19)/t13-,14-/m0/s1. The van der Waals surface area contributed by atoms with Crippen LogP contribution >= 0.6 is 0 Å². The molecule has 1 aliphatic rings. The van der Waals surface area contributed by atoms with Gasteiger partial charge in [0.15, 0.2) is 0 Å². The molecule has 1 fully saturated rings. The van der Waals surface area contributed by atoms with Gasteiger partial charge in [0.25, 0.3) is 0 Å². The second kappa shape index (κ2) is 6.20. The third kappa shape index (κ3) is 4.35. The monoisotopic (exact) mass is 260 g/mol. The number of anilines is 1. The van der Waals surface area contributed by atoms with Crippen LogP contribution in [-0.2, 0) is 4.79 Å². The average molecular weight is 260 g/mol. The molecule has 104 valence electrons. The van der Waals surface area contributed by atoms with Gasteiger partial charge in [0.2, 0.25) is 5.91 Å². The van der Waals surface area contributed by atoms with Gasteiger partial charge in [0.05, 0.1) is 6.54 Å². The van der Waals surface area contributed by atoms with Crippen LogP contribution in [0.15, 0.2) is 24.3 Å². The molecule has 0 bridgehead atoms. The fourth-order valence-corrected chi connectivity index (χ4v) is 3.05. The van der Waals surface area contributed by atoms with Crippen molar-refractivity contribution in [2.24, 2.45) is 11.8 Å². The second-order valence-electron chi connectivity index (χ2n) is 6.06. The summed E-state index contributed by atoms with van der Waals surface area (Å²) in [6.45, 7) is 9.13. The van der Waals surface area contributed by atoms with Crippen LogP contribution in [0.4, 0.5) is 5.69 Å². The minimum absolute atomic E-state index is 0.0897. The van der Waals surface area contributed by atoms with Crippen molar-refractivity contribution < 1.29 is 4.79 Å². The number of nitrogens with one attached hydrogen (secondary N) is 1. The predicted molar refractivity (Wildman–Crippen MR) is 79.2 cm³/mol. The lowest BCUT2D eigenvalue weighted by Gasteiger charge is -2.34. The molecule has 1 N–H and O–H groups in total. The summed E-state index contributed by atoms with van der Waals surface area (Å²) >= 11 is 0. The summed E-state index contributed by atoms with van der Waals surface area (Å²) in [5, 5.41) is 2.98. The molecule has 1 amide bonds. The highest BCUT2D eigenvalue weighted by Gasteiger charge is 2.23. The van der Waals surface area contributed by atoms with Crippen molar-refractivity contribution >= 4 is 11.6 Å². The number of amides is 1. The summed E-state index contributed by atoms with van der Waals surface area (Å²) in [6, 6.07) is 7.94. The van der Waals surface area contributed by atoms with Crippen LogP contribution in [0, 0.1) is 18.8 Å². The van der Waals surface area contributed by atoms with Crippen molar-refractivity contribution in [3.05, 3.63) is 29.8 Å². The maximum absolute atomic E-state index is 12.1. The summed E-state index contributed by atoms with van der Waals surface area (Å²) in [4.78, 5) is 14.3. The van der Waals surface area contributed by atoms with Gasteiger partial charge in [0.1, 0.15) is 0 Å². The molecule has 1 aromatic carbocycles. The van der Waals surface area contributed by atoms with Crippen LogP contribution in [0.3, 0.4) is 0 Å². The Morgan fingerprint density at radius 2 is 2.00 bits per heavy atom. The molecule has 0 unspecified atom stereocenters. The summed E-state index contributed by atoms with van der Waals surface area (Å²) < 4.78 is 0. The van der Waals surface area contributed by atoms with Crippen molar-refractivity contribution in [1.29, 1.82) is 0 Å². The van der Waals surface area contributed by atoms with E-state index in [1.165, 1.54) is 6.42 Å². The third-order valence-electron chi connectivity index (χ3n) is 3.61. The first-order valence-electron chi connectivity index (χ1n) is 7.12. The molecule has 2 atom stereocenters. The zero-order valence-corrected chi connectivity index (χ0v) is 12.1. The molecule has 19 heavy (non-hydrogen) atoms. The zero-order chi connectivity index (χ0) is 13.8. The fourth-order valence-electron chi connectivity index (χ4n) is 3.05. The van der Waals surface area contributed by atoms with Gasteiger partial charge in [0, 0.05) is 18.8 Å². The lowest BCUT2D eigenvalue weighted by atomic mass is 9.92. The van der Waals surface area contributed by atoms with Gasteiger partial charge in [-0.25, -0.2) is 0 Å².